The third-order valence-electron chi connectivity index (χ3n) is 2.85. The van der Waals surface area contributed by atoms with Gasteiger partial charge >= 0.3 is 6.01 Å². The zero-order chi connectivity index (χ0) is 15.4. The van der Waals surface area contributed by atoms with Gasteiger partial charge in [0.1, 0.15) is 5.82 Å². The van der Waals surface area contributed by atoms with E-state index in [9.17, 15) is 8.78 Å². The van der Waals surface area contributed by atoms with E-state index in [1.807, 2.05) is 20.8 Å². The summed E-state index contributed by atoms with van der Waals surface area (Å²) < 4.78 is 31.6. The molecular formula is C15H17F2N3O. The smallest absolute Gasteiger partial charge is 0.322 e. The van der Waals surface area contributed by atoms with Crippen LogP contribution < -0.4 is 10.1 Å². The normalized spacial score (nSPS) is 11.0. The van der Waals surface area contributed by atoms with E-state index in [2.05, 4.69) is 15.3 Å². The molecule has 0 fully saturated rings. The predicted octanol–water partition coefficient (Wildman–Crippen LogP) is 3.35. The average Bonchev–Trinajstić information content (AvgIpc) is 2.41. The van der Waals surface area contributed by atoms with Crippen molar-refractivity contribution in [2.24, 2.45) is 0 Å². The first-order chi connectivity index (χ1) is 9.95. The third kappa shape index (κ3) is 4.19. The number of aromatic nitrogens is 2. The topological polar surface area (TPSA) is 47.0 Å². The second-order valence-corrected chi connectivity index (χ2v) is 4.98. The first kappa shape index (κ1) is 15.3. The highest BCUT2D eigenvalue weighted by Gasteiger charge is 2.10. The van der Waals surface area contributed by atoms with Crippen molar-refractivity contribution in [3.05, 3.63) is 47.3 Å². The summed E-state index contributed by atoms with van der Waals surface area (Å²) >= 11 is 0. The summed E-state index contributed by atoms with van der Waals surface area (Å²) in [6.45, 7) is 6.57. The largest absolute Gasteiger partial charge is 0.421 e. The van der Waals surface area contributed by atoms with Gasteiger partial charge in [0.05, 0.1) is 0 Å². The van der Waals surface area contributed by atoms with Gasteiger partial charge in [0.25, 0.3) is 0 Å². The molecular weight excluding hydrogens is 276 g/mol. The van der Waals surface area contributed by atoms with Crippen LogP contribution in [0.15, 0.2) is 24.4 Å². The molecule has 6 heteroatoms. The van der Waals surface area contributed by atoms with Crippen molar-refractivity contribution < 1.29 is 13.5 Å². The summed E-state index contributed by atoms with van der Waals surface area (Å²) in [6, 6.07) is 3.47. The summed E-state index contributed by atoms with van der Waals surface area (Å²) in [5.74, 6) is -1.56. The minimum Gasteiger partial charge on any atom is -0.421 e. The molecule has 0 saturated heterocycles. The summed E-state index contributed by atoms with van der Waals surface area (Å²) in [5, 5.41) is 3.26. The molecule has 1 aromatic heterocycles. The van der Waals surface area contributed by atoms with Crippen molar-refractivity contribution in [2.75, 3.05) is 0 Å². The van der Waals surface area contributed by atoms with E-state index in [-0.39, 0.29) is 11.8 Å². The number of halogens is 2. The predicted molar refractivity (Wildman–Crippen MR) is 75.2 cm³/mol. The maximum Gasteiger partial charge on any atom is 0.322 e. The molecule has 0 radical (unpaired) electrons. The average molecular weight is 293 g/mol. The van der Waals surface area contributed by atoms with Crippen LogP contribution >= 0.6 is 0 Å². The number of ether oxygens (including phenoxy) is 1. The summed E-state index contributed by atoms with van der Waals surface area (Å²) in [6.07, 6.45) is 1.63. The van der Waals surface area contributed by atoms with Crippen molar-refractivity contribution in [1.29, 1.82) is 0 Å². The molecule has 1 N–H and O–H groups in total. The highest BCUT2D eigenvalue weighted by atomic mass is 19.1. The molecule has 2 aromatic rings. The molecule has 0 saturated carbocycles. The van der Waals surface area contributed by atoms with Gasteiger partial charge in [0, 0.05) is 36.1 Å². The van der Waals surface area contributed by atoms with E-state index in [1.54, 1.807) is 6.20 Å². The number of hydrogen-bond donors (Lipinski definition) is 1. The van der Waals surface area contributed by atoms with Crippen LogP contribution in [0.4, 0.5) is 8.78 Å². The molecule has 0 atom stereocenters. The van der Waals surface area contributed by atoms with Gasteiger partial charge in [-0.1, -0.05) is 13.8 Å². The molecule has 0 spiro atoms. The Bertz CT molecular complexity index is 632. The van der Waals surface area contributed by atoms with Crippen molar-refractivity contribution >= 4 is 0 Å². The Morgan fingerprint density at radius 2 is 2.05 bits per heavy atom. The second kappa shape index (κ2) is 6.58. The molecule has 0 bridgehead atoms. The van der Waals surface area contributed by atoms with Crippen molar-refractivity contribution in [2.45, 2.75) is 33.4 Å². The summed E-state index contributed by atoms with van der Waals surface area (Å²) in [5.41, 5.74) is 1.69. The highest BCUT2D eigenvalue weighted by molar-refractivity contribution is 5.28. The molecule has 112 valence electrons. The highest BCUT2D eigenvalue weighted by Crippen LogP contribution is 2.22. The van der Waals surface area contributed by atoms with Gasteiger partial charge in [0.2, 0.25) is 0 Å². The molecule has 0 unspecified atom stereocenters. The van der Waals surface area contributed by atoms with Crippen LogP contribution in [0.25, 0.3) is 0 Å². The lowest BCUT2D eigenvalue weighted by atomic mass is 10.2. The van der Waals surface area contributed by atoms with Crippen LogP contribution in [0.3, 0.4) is 0 Å². The Labute approximate surface area is 122 Å². The third-order valence-corrected chi connectivity index (χ3v) is 2.85. The Morgan fingerprint density at radius 3 is 2.67 bits per heavy atom. The number of rotatable bonds is 5. The lowest BCUT2D eigenvalue weighted by molar-refractivity contribution is 0.406. The molecule has 0 amide bonds. The van der Waals surface area contributed by atoms with E-state index < -0.39 is 11.6 Å². The molecule has 1 aromatic carbocycles. The molecule has 0 aliphatic carbocycles. The van der Waals surface area contributed by atoms with E-state index in [0.29, 0.717) is 12.6 Å². The minimum absolute atomic E-state index is 0.0336. The van der Waals surface area contributed by atoms with Gasteiger partial charge < -0.3 is 10.1 Å². The number of aryl methyl sites for hydroxylation is 1. The molecule has 1 heterocycles. The van der Waals surface area contributed by atoms with E-state index in [4.69, 9.17) is 4.74 Å². The number of nitrogens with zero attached hydrogens (tertiary/aromatic N) is 2. The lowest BCUT2D eigenvalue weighted by Crippen LogP contribution is -2.22. The molecule has 2 rings (SSSR count). The standard InChI is InChI=1S/C15H17F2N3O/c1-9(2)18-7-11-8-19-15(20-10(11)3)21-14-5-4-12(16)6-13(14)17/h4-6,8-9,18H,7H2,1-3H3. The fourth-order valence-electron chi connectivity index (χ4n) is 1.66. The fraction of sp³-hybridized carbons (Fsp3) is 0.333. The van der Waals surface area contributed by atoms with Crippen molar-refractivity contribution in [1.82, 2.24) is 15.3 Å². The van der Waals surface area contributed by atoms with Crippen LogP contribution in [-0.2, 0) is 6.54 Å². The van der Waals surface area contributed by atoms with Gasteiger partial charge in [-0.3, -0.25) is 0 Å². The lowest BCUT2D eigenvalue weighted by Gasteiger charge is -2.11. The van der Waals surface area contributed by atoms with Gasteiger partial charge in [-0.05, 0) is 19.1 Å². The fourth-order valence-corrected chi connectivity index (χ4v) is 1.66. The van der Waals surface area contributed by atoms with Crippen LogP contribution in [0.1, 0.15) is 25.1 Å². The SMILES string of the molecule is Cc1nc(Oc2ccc(F)cc2F)ncc1CNC(C)C. The van der Waals surface area contributed by atoms with Gasteiger partial charge in [-0.15, -0.1) is 0 Å². The van der Waals surface area contributed by atoms with Crippen molar-refractivity contribution in [3.8, 4) is 11.8 Å². The van der Waals surface area contributed by atoms with Gasteiger partial charge in [-0.2, -0.15) is 4.98 Å². The minimum atomic E-state index is -0.790. The quantitative estimate of drug-likeness (QED) is 0.918. The zero-order valence-electron chi connectivity index (χ0n) is 12.2. The Balaban J connectivity index is 2.12. The Morgan fingerprint density at radius 1 is 1.29 bits per heavy atom. The van der Waals surface area contributed by atoms with E-state index >= 15 is 0 Å². The first-order valence-corrected chi connectivity index (χ1v) is 6.64. The van der Waals surface area contributed by atoms with Crippen LogP contribution in [0.2, 0.25) is 0 Å². The van der Waals surface area contributed by atoms with Crippen LogP contribution in [0.5, 0.6) is 11.8 Å². The van der Waals surface area contributed by atoms with E-state index in [1.165, 1.54) is 6.07 Å². The number of hydrogen-bond acceptors (Lipinski definition) is 4. The van der Waals surface area contributed by atoms with Crippen molar-refractivity contribution in [3.63, 3.8) is 0 Å². The number of nitrogens with one attached hydrogen (secondary N) is 1. The molecule has 21 heavy (non-hydrogen) atoms. The van der Waals surface area contributed by atoms with Crippen LogP contribution in [-0.4, -0.2) is 16.0 Å². The van der Waals surface area contributed by atoms with E-state index in [0.717, 1.165) is 23.4 Å². The zero-order valence-corrected chi connectivity index (χ0v) is 12.2. The second-order valence-electron chi connectivity index (χ2n) is 4.98. The van der Waals surface area contributed by atoms with Gasteiger partial charge in [0.15, 0.2) is 11.6 Å². The Kier molecular flexibility index (Phi) is 4.80. The van der Waals surface area contributed by atoms with Gasteiger partial charge in [-0.25, -0.2) is 13.8 Å². The Hall–Kier alpha value is -2.08. The molecule has 0 aliphatic rings. The molecule has 4 nitrogen and oxygen atoms in total. The first-order valence-electron chi connectivity index (χ1n) is 6.64. The summed E-state index contributed by atoms with van der Waals surface area (Å²) in [7, 11) is 0. The maximum atomic E-state index is 13.5. The summed E-state index contributed by atoms with van der Waals surface area (Å²) in [4.78, 5) is 8.22. The molecule has 0 aliphatic heterocycles. The monoisotopic (exact) mass is 293 g/mol. The maximum absolute atomic E-state index is 13.5. The number of benzene rings is 1. The van der Waals surface area contributed by atoms with Crippen LogP contribution in [0, 0.1) is 18.6 Å².